The number of carboxylic acid groups (broad SMARTS) is 1. The SMILES string of the molecule is O=C(O)CCCCCN1C(=S)CSC1=S. The minimum absolute atomic E-state index is 0.254. The molecule has 84 valence electrons. The van der Waals surface area contributed by atoms with Crippen molar-refractivity contribution in [2.45, 2.75) is 25.7 Å². The first kappa shape index (κ1) is 12.9. The zero-order valence-corrected chi connectivity index (χ0v) is 10.7. The van der Waals surface area contributed by atoms with E-state index in [-0.39, 0.29) is 6.42 Å². The smallest absolute Gasteiger partial charge is 0.303 e. The van der Waals surface area contributed by atoms with Crippen molar-refractivity contribution in [2.24, 2.45) is 0 Å². The van der Waals surface area contributed by atoms with Gasteiger partial charge in [-0.2, -0.15) is 0 Å². The van der Waals surface area contributed by atoms with Gasteiger partial charge in [0.1, 0.15) is 4.32 Å². The van der Waals surface area contributed by atoms with E-state index < -0.39 is 5.97 Å². The lowest BCUT2D eigenvalue weighted by Gasteiger charge is -2.16. The third-order valence-corrected chi connectivity index (χ3v) is 4.12. The van der Waals surface area contributed by atoms with Gasteiger partial charge < -0.3 is 10.0 Å². The summed E-state index contributed by atoms with van der Waals surface area (Å²) in [7, 11) is 0. The van der Waals surface area contributed by atoms with Gasteiger partial charge in [0, 0.05) is 13.0 Å². The molecule has 1 N–H and O–H groups in total. The van der Waals surface area contributed by atoms with E-state index in [0.717, 1.165) is 40.9 Å². The van der Waals surface area contributed by atoms with Crippen molar-refractivity contribution in [2.75, 3.05) is 12.3 Å². The van der Waals surface area contributed by atoms with Crippen molar-refractivity contribution >= 4 is 51.5 Å². The summed E-state index contributed by atoms with van der Waals surface area (Å²) in [6.45, 7) is 0.838. The van der Waals surface area contributed by atoms with E-state index in [1.54, 1.807) is 11.8 Å². The molecule has 6 heteroatoms. The number of thioether (sulfide) groups is 1. The summed E-state index contributed by atoms with van der Waals surface area (Å²) >= 11 is 11.9. The van der Waals surface area contributed by atoms with Crippen LogP contribution in [0.1, 0.15) is 25.7 Å². The molecule has 0 radical (unpaired) electrons. The average Bonchev–Trinajstić information content (AvgIpc) is 2.47. The lowest BCUT2D eigenvalue weighted by atomic mass is 10.2. The van der Waals surface area contributed by atoms with Crippen molar-refractivity contribution in [1.82, 2.24) is 4.90 Å². The van der Waals surface area contributed by atoms with Gasteiger partial charge in [0.15, 0.2) is 0 Å². The Morgan fingerprint density at radius 3 is 2.67 bits per heavy atom. The first-order valence-electron chi connectivity index (χ1n) is 4.80. The highest BCUT2D eigenvalue weighted by Gasteiger charge is 2.22. The Balaban J connectivity index is 2.12. The molecule has 1 saturated heterocycles. The second-order valence-corrected chi connectivity index (χ2v) is 5.38. The molecule has 0 bridgehead atoms. The molecule has 3 nitrogen and oxygen atoms in total. The Labute approximate surface area is 104 Å². The van der Waals surface area contributed by atoms with Gasteiger partial charge in [0.25, 0.3) is 0 Å². The molecule has 0 aromatic rings. The lowest BCUT2D eigenvalue weighted by Crippen LogP contribution is -2.28. The summed E-state index contributed by atoms with van der Waals surface area (Å²) in [5.74, 6) is 0.0984. The second kappa shape index (κ2) is 6.40. The highest BCUT2D eigenvalue weighted by atomic mass is 32.2. The van der Waals surface area contributed by atoms with E-state index in [4.69, 9.17) is 29.5 Å². The fourth-order valence-electron chi connectivity index (χ4n) is 1.32. The van der Waals surface area contributed by atoms with Crippen LogP contribution in [-0.4, -0.2) is 37.6 Å². The predicted octanol–water partition coefficient (Wildman–Crippen LogP) is 2.29. The van der Waals surface area contributed by atoms with Gasteiger partial charge in [-0.25, -0.2) is 0 Å². The molecule has 1 aliphatic heterocycles. The minimum atomic E-state index is -0.724. The molecule has 1 heterocycles. The van der Waals surface area contributed by atoms with E-state index in [0.29, 0.717) is 0 Å². The number of carboxylic acids is 1. The first-order valence-corrected chi connectivity index (χ1v) is 6.60. The van der Waals surface area contributed by atoms with Crippen LogP contribution in [0.2, 0.25) is 0 Å². The molecule has 15 heavy (non-hydrogen) atoms. The molecule has 0 spiro atoms. The van der Waals surface area contributed by atoms with Gasteiger partial charge in [-0.3, -0.25) is 4.79 Å². The molecule has 0 unspecified atom stereocenters. The van der Waals surface area contributed by atoms with Gasteiger partial charge in [-0.05, 0) is 12.8 Å². The summed E-state index contributed by atoms with van der Waals surface area (Å²) < 4.78 is 0.859. The van der Waals surface area contributed by atoms with Crippen molar-refractivity contribution in [3.8, 4) is 0 Å². The Morgan fingerprint density at radius 2 is 2.13 bits per heavy atom. The summed E-state index contributed by atoms with van der Waals surface area (Å²) in [4.78, 5) is 13.2. The topological polar surface area (TPSA) is 40.5 Å². The first-order chi connectivity index (χ1) is 7.11. The molecule has 0 aliphatic carbocycles. The fraction of sp³-hybridized carbons (Fsp3) is 0.667. The quantitative estimate of drug-likeness (QED) is 0.586. The van der Waals surface area contributed by atoms with Crippen LogP contribution in [0.25, 0.3) is 0 Å². The number of rotatable bonds is 6. The average molecular weight is 263 g/mol. The summed E-state index contributed by atoms with van der Waals surface area (Å²) in [5.41, 5.74) is 0. The fourth-order valence-corrected chi connectivity index (χ4v) is 2.93. The summed E-state index contributed by atoms with van der Waals surface area (Å²) in [5, 5.41) is 8.45. The number of nitrogens with zero attached hydrogens (tertiary/aromatic N) is 1. The van der Waals surface area contributed by atoms with E-state index in [2.05, 4.69) is 0 Å². The maximum atomic E-state index is 10.3. The van der Waals surface area contributed by atoms with Crippen molar-refractivity contribution in [3.05, 3.63) is 0 Å². The van der Waals surface area contributed by atoms with Crippen LogP contribution >= 0.6 is 36.2 Å². The summed E-state index contributed by atoms with van der Waals surface area (Å²) in [6, 6.07) is 0. The highest BCUT2D eigenvalue weighted by molar-refractivity contribution is 8.24. The number of unbranched alkanes of at least 4 members (excludes halogenated alkanes) is 2. The predicted molar refractivity (Wildman–Crippen MR) is 70.5 cm³/mol. The lowest BCUT2D eigenvalue weighted by molar-refractivity contribution is -0.137. The number of hydrogen-bond acceptors (Lipinski definition) is 4. The Hall–Kier alpha value is -0.200. The molecule has 0 atom stereocenters. The monoisotopic (exact) mass is 263 g/mol. The third kappa shape index (κ3) is 4.44. The van der Waals surface area contributed by atoms with Gasteiger partial charge >= 0.3 is 5.97 Å². The van der Waals surface area contributed by atoms with E-state index in [1.165, 1.54) is 0 Å². The normalized spacial score (nSPS) is 16.1. The zero-order chi connectivity index (χ0) is 11.3. The van der Waals surface area contributed by atoms with Crippen LogP contribution in [0.5, 0.6) is 0 Å². The van der Waals surface area contributed by atoms with E-state index >= 15 is 0 Å². The molecular formula is C9H13NO2S3. The zero-order valence-electron chi connectivity index (χ0n) is 8.27. The van der Waals surface area contributed by atoms with E-state index in [1.807, 2.05) is 4.90 Å². The number of aliphatic carboxylic acids is 1. The summed E-state index contributed by atoms with van der Waals surface area (Å²) in [6.07, 6.45) is 2.85. The van der Waals surface area contributed by atoms with Crippen molar-refractivity contribution < 1.29 is 9.90 Å². The van der Waals surface area contributed by atoms with Crippen molar-refractivity contribution in [3.63, 3.8) is 0 Å². The maximum Gasteiger partial charge on any atom is 0.303 e. The molecule has 1 fully saturated rings. The molecule has 0 aromatic carbocycles. The molecule has 1 rings (SSSR count). The Bertz CT molecular complexity index is 265. The van der Waals surface area contributed by atoms with Gasteiger partial charge in [-0.15, -0.1) is 0 Å². The maximum absolute atomic E-state index is 10.3. The number of thiocarbonyl (C=S) groups is 2. The van der Waals surface area contributed by atoms with Crippen LogP contribution in [0.15, 0.2) is 0 Å². The molecular weight excluding hydrogens is 250 g/mol. The Kier molecular flexibility index (Phi) is 5.49. The van der Waals surface area contributed by atoms with Gasteiger partial charge in [-0.1, -0.05) is 42.6 Å². The van der Waals surface area contributed by atoms with Crippen molar-refractivity contribution in [1.29, 1.82) is 0 Å². The standard InChI is InChI=1S/C9H13NO2S3/c11-8(12)4-2-1-3-5-10-7(13)6-15-9(10)14/h1-6H2,(H,11,12). The highest BCUT2D eigenvalue weighted by Crippen LogP contribution is 2.21. The Morgan fingerprint density at radius 1 is 1.40 bits per heavy atom. The molecule has 0 amide bonds. The number of hydrogen-bond donors (Lipinski definition) is 1. The number of carbonyl (C=O) groups is 1. The van der Waals surface area contributed by atoms with Crippen LogP contribution in [0.3, 0.4) is 0 Å². The second-order valence-electron chi connectivity index (χ2n) is 3.30. The molecule has 1 aliphatic rings. The van der Waals surface area contributed by atoms with E-state index in [9.17, 15) is 4.79 Å². The molecule has 0 aromatic heterocycles. The van der Waals surface area contributed by atoms with Crippen LogP contribution in [0.4, 0.5) is 0 Å². The minimum Gasteiger partial charge on any atom is -0.481 e. The largest absolute Gasteiger partial charge is 0.481 e. The van der Waals surface area contributed by atoms with Gasteiger partial charge in [0.2, 0.25) is 0 Å². The molecule has 0 saturated carbocycles. The van der Waals surface area contributed by atoms with Gasteiger partial charge in [0.05, 0.1) is 10.7 Å². The van der Waals surface area contributed by atoms with Crippen LogP contribution < -0.4 is 0 Å². The third-order valence-electron chi connectivity index (χ3n) is 2.11. The van der Waals surface area contributed by atoms with Crippen LogP contribution in [0, 0.1) is 0 Å². The van der Waals surface area contributed by atoms with Crippen LogP contribution in [-0.2, 0) is 4.79 Å².